The average molecular weight is 357 g/mol. The summed E-state index contributed by atoms with van der Waals surface area (Å²) in [7, 11) is 1.59. The first-order valence-electron chi connectivity index (χ1n) is 9.16. The number of β-amino-alcohol motifs (C(OH)–C–C–N with tert-alkyl or cyclic N) is 1. The van der Waals surface area contributed by atoms with Crippen molar-refractivity contribution >= 4 is 12.0 Å². The molecule has 25 heavy (non-hydrogen) atoms. The Morgan fingerprint density at radius 3 is 2.56 bits per heavy atom. The maximum absolute atomic E-state index is 12.8. The minimum Gasteiger partial charge on any atom is -0.444 e. The Morgan fingerprint density at radius 2 is 2.00 bits per heavy atom. The highest BCUT2D eigenvalue weighted by atomic mass is 16.6. The largest absolute Gasteiger partial charge is 0.444 e. The highest BCUT2D eigenvalue weighted by Crippen LogP contribution is 2.16. The SMILES string of the molecule is CC(C)C[C@@H](C(=O)NC1CCCNCC1O)N(C)C(=O)OC(C)(C)C. The molecule has 0 aliphatic carbocycles. The molecular weight excluding hydrogens is 322 g/mol. The van der Waals surface area contributed by atoms with Crippen LogP contribution in [0, 0.1) is 5.92 Å². The third-order valence-corrected chi connectivity index (χ3v) is 4.16. The molecule has 3 atom stereocenters. The molecule has 1 aliphatic rings. The van der Waals surface area contributed by atoms with Crippen LogP contribution in [-0.4, -0.2) is 65.9 Å². The van der Waals surface area contributed by atoms with Crippen molar-refractivity contribution in [2.24, 2.45) is 5.92 Å². The molecule has 1 aliphatic heterocycles. The molecule has 0 radical (unpaired) electrons. The fourth-order valence-corrected chi connectivity index (χ4v) is 2.83. The predicted octanol–water partition coefficient (Wildman–Crippen LogP) is 1.50. The van der Waals surface area contributed by atoms with Gasteiger partial charge in [-0.15, -0.1) is 0 Å². The third-order valence-electron chi connectivity index (χ3n) is 4.16. The number of hydrogen-bond donors (Lipinski definition) is 3. The van der Waals surface area contributed by atoms with Gasteiger partial charge in [0.15, 0.2) is 0 Å². The van der Waals surface area contributed by atoms with Gasteiger partial charge in [0, 0.05) is 13.6 Å². The van der Waals surface area contributed by atoms with Gasteiger partial charge in [-0.3, -0.25) is 9.69 Å². The molecule has 0 aromatic rings. The first-order chi connectivity index (χ1) is 11.5. The van der Waals surface area contributed by atoms with E-state index >= 15 is 0 Å². The number of hydrogen-bond acceptors (Lipinski definition) is 5. The number of carbonyl (C=O) groups is 2. The summed E-state index contributed by atoms with van der Waals surface area (Å²) >= 11 is 0. The van der Waals surface area contributed by atoms with Crippen LogP contribution in [0.1, 0.15) is 53.9 Å². The summed E-state index contributed by atoms with van der Waals surface area (Å²) in [6.45, 7) is 10.7. The lowest BCUT2D eigenvalue weighted by molar-refractivity contribution is -0.128. The van der Waals surface area contributed by atoms with Crippen LogP contribution in [-0.2, 0) is 9.53 Å². The summed E-state index contributed by atoms with van der Waals surface area (Å²) in [6, 6.07) is -0.928. The van der Waals surface area contributed by atoms with Crippen molar-refractivity contribution in [2.45, 2.75) is 77.7 Å². The number of rotatable bonds is 5. The van der Waals surface area contributed by atoms with Crippen molar-refractivity contribution in [1.29, 1.82) is 0 Å². The van der Waals surface area contributed by atoms with E-state index in [1.165, 1.54) is 4.90 Å². The monoisotopic (exact) mass is 357 g/mol. The fourth-order valence-electron chi connectivity index (χ4n) is 2.83. The van der Waals surface area contributed by atoms with Crippen LogP contribution in [0.15, 0.2) is 0 Å². The van der Waals surface area contributed by atoms with Gasteiger partial charge in [-0.25, -0.2) is 4.79 Å². The van der Waals surface area contributed by atoms with Crippen molar-refractivity contribution in [2.75, 3.05) is 20.1 Å². The molecule has 7 nitrogen and oxygen atoms in total. The first kappa shape index (κ1) is 21.7. The smallest absolute Gasteiger partial charge is 0.410 e. The van der Waals surface area contributed by atoms with Crippen LogP contribution < -0.4 is 10.6 Å². The molecular formula is C18H35N3O4. The highest BCUT2D eigenvalue weighted by molar-refractivity contribution is 5.85. The molecule has 2 amide bonds. The summed E-state index contributed by atoms with van der Waals surface area (Å²) in [6.07, 6.45) is 0.987. The molecule has 0 aromatic carbocycles. The minimum atomic E-state index is -0.627. The van der Waals surface area contributed by atoms with E-state index < -0.39 is 23.8 Å². The predicted molar refractivity (Wildman–Crippen MR) is 97.3 cm³/mol. The molecule has 3 N–H and O–H groups in total. The van der Waals surface area contributed by atoms with E-state index in [2.05, 4.69) is 10.6 Å². The van der Waals surface area contributed by atoms with Crippen LogP contribution in [0.5, 0.6) is 0 Å². The van der Waals surface area contributed by atoms with Crippen LogP contribution >= 0.6 is 0 Å². The van der Waals surface area contributed by atoms with Crippen molar-refractivity contribution in [3.05, 3.63) is 0 Å². The standard InChI is InChI=1S/C18H35N3O4/c1-12(2)10-14(21(6)17(24)25-18(3,4)5)16(23)20-13-8-7-9-19-11-15(13)22/h12-15,19,22H,7-11H2,1-6H3,(H,20,23)/t13?,14-,15?/m0/s1. The van der Waals surface area contributed by atoms with Crippen molar-refractivity contribution in [1.82, 2.24) is 15.5 Å². The van der Waals surface area contributed by atoms with Gasteiger partial charge in [0.05, 0.1) is 12.1 Å². The maximum atomic E-state index is 12.8. The van der Waals surface area contributed by atoms with E-state index in [4.69, 9.17) is 4.74 Å². The van der Waals surface area contributed by atoms with Crippen molar-refractivity contribution < 1.29 is 19.4 Å². The quantitative estimate of drug-likeness (QED) is 0.694. The molecule has 0 bridgehead atoms. The summed E-state index contributed by atoms with van der Waals surface area (Å²) in [5.41, 5.74) is -0.618. The lowest BCUT2D eigenvalue weighted by Crippen LogP contribution is -2.54. The Balaban J connectivity index is 2.81. The lowest BCUT2D eigenvalue weighted by atomic mass is 10.0. The average Bonchev–Trinajstić information content (AvgIpc) is 2.67. The highest BCUT2D eigenvalue weighted by Gasteiger charge is 2.33. The van der Waals surface area contributed by atoms with E-state index in [1.807, 2.05) is 13.8 Å². The van der Waals surface area contributed by atoms with Gasteiger partial charge < -0.3 is 20.5 Å². The molecule has 0 spiro atoms. The van der Waals surface area contributed by atoms with Gasteiger partial charge in [-0.05, 0) is 52.5 Å². The van der Waals surface area contributed by atoms with Gasteiger partial charge in [-0.1, -0.05) is 13.8 Å². The van der Waals surface area contributed by atoms with E-state index in [0.717, 1.165) is 13.0 Å². The molecule has 1 rings (SSSR count). The van der Waals surface area contributed by atoms with E-state index in [1.54, 1.807) is 27.8 Å². The third kappa shape index (κ3) is 7.61. The van der Waals surface area contributed by atoms with Gasteiger partial charge in [0.25, 0.3) is 0 Å². The Kier molecular flexibility index (Phi) is 8.15. The molecule has 1 saturated heterocycles. The normalized spacial score (nSPS) is 22.9. The molecule has 7 heteroatoms. The Hall–Kier alpha value is -1.34. The summed E-state index contributed by atoms with van der Waals surface area (Å²) in [4.78, 5) is 26.5. The number of nitrogens with one attached hydrogen (secondary N) is 2. The zero-order valence-corrected chi connectivity index (χ0v) is 16.5. The van der Waals surface area contributed by atoms with Crippen LogP contribution in [0.25, 0.3) is 0 Å². The zero-order chi connectivity index (χ0) is 19.2. The minimum absolute atomic E-state index is 0.237. The number of ether oxygens (including phenoxy) is 1. The number of aliphatic hydroxyl groups excluding tert-OH is 1. The Morgan fingerprint density at radius 1 is 1.36 bits per heavy atom. The topological polar surface area (TPSA) is 90.9 Å². The second kappa shape index (κ2) is 9.38. The lowest BCUT2D eigenvalue weighted by Gasteiger charge is -2.32. The van der Waals surface area contributed by atoms with Crippen molar-refractivity contribution in [3.8, 4) is 0 Å². The number of aliphatic hydroxyl groups is 1. The number of carbonyl (C=O) groups excluding carboxylic acids is 2. The van der Waals surface area contributed by atoms with Gasteiger partial charge in [0.1, 0.15) is 11.6 Å². The molecule has 1 heterocycles. The van der Waals surface area contributed by atoms with Crippen molar-refractivity contribution in [3.63, 3.8) is 0 Å². The van der Waals surface area contributed by atoms with E-state index in [9.17, 15) is 14.7 Å². The Labute approximate surface area is 151 Å². The molecule has 1 fully saturated rings. The second-order valence-electron chi connectivity index (χ2n) is 8.27. The van der Waals surface area contributed by atoms with Crippen LogP contribution in [0.3, 0.4) is 0 Å². The first-order valence-corrected chi connectivity index (χ1v) is 9.16. The zero-order valence-electron chi connectivity index (χ0n) is 16.5. The van der Waals surface area contributed by atoms with Gasteiger partial charge in [-0.2, -0.15) is 0 Å². The molecule has 2 unspecified atom stereocenters. The van der Waals surface area contributed by atoms with Gasteiger partial charge >= 0.3 is 6.09 Å². The summed E-state index contributed by atoms with van der Waals surface area (Å²) in [5.74, 6) is -0.00521. The number of amides is 2. The van der Waals surface area contributed by atoms with Crippen LogP contribution in [0.4, 0.5) is 4.79 Å². The second-order valence-corrected chi connectivity index (χ2v) is 8.27. The van der Waals surface area contributed by atoms with Gasteiger partial charge in [0.2, 0.25) is 5.91 Å². The molecule has 0 saturated carbocycles. The molecule has 0 aromatic heterocycles. The summed E-state index contributed by atoms with van der Waals surface area (Å²) in [5, 5.41) is 16.3. The maximum Gasteiger partial charge on any atom is 0.410 e. The number of likely N-dealkylation sites (N-methyl/N-ethyl adjacent to an activating group) is 1. The summed E-state index contributed by atoms with van der Waals surface area (Å²) < 4.78 is 5.39. The fraction of sp³-hybridized carbons (Fsp3) is 0.889. The van der Waals surface area contributed by atoms with E-state index in [0.29, 0.717) is 19.4 Å². The number of nitrogens with zero attached hydrogens (tertiary/aromatic N) is 1. The molecule has 146 valence electrons. The Bertz CT molecular complexity index is 448. The van der Waals surface area contributed by atoms with Crippen LogP contribution in [0.2, 0.25) is 0 Å². The van der Waals surface area contributed by atoms with E-state index in [-0.39, 0.29) is 17.9 Å².